The van der Waals surface area contributed by atoms with Gasteiger partial charge in [-0.2, -0.15) is 5.26 Å². The van der Waals surface area contributed by atoms with Gasteiger partial charge in [0.2, 0.25) is 5.78 Å². The molecule has 0 aliphatic carbocycles. The van der Waals surface area contributed by atoms with Crippen LogP contribution in [0.2, 0.25) is 5.02 Å². The number of ketones is 1. The Kier molecular flexibility index (Phi) is 6.27. The molecule has 0 atom stereocenters. The van der Waals surface area contributed by atoms with E-state index in [9.17, 15) is 10.1 Å². The van der Waals surface area contributed by atoms with E-state index in [-0.39, 0.29) is 21.9 Å². The number of ether oxygens (including phenoxy) is 2. The van der Waals surface area contributed by atoms with Crippen molar-refractivity contribution >= 4 is 39.4 Å². The van der Waals surface area contributed by atoms with Gasteiger partial charge in [-0.15, -0.1) is 11.3 Å². The van der Waals surface area contributed by atoms with Crippen LogP contribution in [0.15, 0.2) is 42.5 Å². The fourth-order valence-electron chi connectivity index (χ4n) is 2.79. The minimum absolute atomic E-state index is 0.150. The van der Waals surface area contributed by atoms with Crippen molar-refractivity contribution in [3.05, 3.63) is 69.1 Å². The maximum Gasteiger partial charge on any atom is 0.206 e. The molecular weight excluding hydrogens is 410 g/mol. The smallest absolute Gasteiger partial charge is 0.206 e. The molecule has 29 heavy (non-hydrogen) atoms. The summed E-state index contributed by atoms with van der Waals surface area (Å²) >= 11 is 7.27. The number of methoxy groups -OCH3 is 2. The first-order valence-electron chi connectivity index (χ1n) is 8.56. The zero-order chi connectivity index (χ0) is 21.0. The maximum absolute atomic E-state index is 12.9. The number of hydrogen-bond acceptors (Lipinski definition) is 7. The molecule has 0 bridgehead atoms. The molecule has 0 aliphatic heterocycles. The molecule has 0 unspecified atom stereocenters. The molecule has 0 saturated carbocycles. The highest BCUT2D eigenvalue weighted by atomic mass is 35.5. The summed E-state index contributed by atoms with van der Waals surface area (Å²) in [5.74, 6) is 0.920. The van der Waals surface area contributed by atoms with Gasteiger partial charge in [-0.3, -0.25) is 4.79 Å². The van der Waals surface area contributed by atoms with Crippen LogP contribution in [0.1, 0.15) is 26.4 Å². The largest absolute Gasteiger partial charge is 0.493 e. The molecule has 1 aromatic heterocycles. The van der Waals surface area contributed by atoms with E-state index < -0.39 is 0 Å². The van der Waals surface area contributed by atoms with E-state index in [0.29, 0.717) is 33.6 Å². The van der Waals surface area contributed by atoms with Crippen LogP contribution in [-0.4, -0.2) is 20.0 Å². The van der Waals surface area contributed by atoms with Gasteiger partial charge >= 0.3 is 0 Å². The number of carbonyl (C=O) groups excluding carboxylic acids is 1. The Balaban J connectivity index is 1.88. The number of nitrogens with one attached hydrogen (secondary N) is 1. The van der Waals surface area contributed by atoms with Gasteiger partial charge in [0.15, 0.2) is 11.5 Å². The third kappa shape index (κ3) is 4.14. The van der Waals surface area contributed by atoms with Crippen LogP contribution in [0, 0.1) is 11.3 Å². The summed E-state index contributed by atoms with van der Waals surface area (Å²) in [6.45, 7) is 0.411. The predicted molar refractivity (Wildman–Crippen MR) is 115 cm³/mol. The molecule has 2 aromatic carbocycles. The number of halogens is 1. The summed E-state index contributed by atoms with van der Waals surface area (Å²) in [5.41, 5.74) is 7.75. The van der Waals surface area contributed by atoms with Crippen LogP contribution in [0.25, 0.3) is 0 Å². The minimum Gasteiger partial charge on any atom is -0.493 e. The number of nitrogens with zero attached hydrogens (tertiary/aromatic N) is 1. The van der Waals surface area contributed by atoms with Gasteiger partial charge in [0.1, 0.15) is 21.5 Å². The van der Waals surface area contributed by atoms with Gasteiger partial charge in [-0.25, -0.2) is 0 Å². The molecule has 3 N–H and O–H groups in total. The predicted octanol–water partition coefficient (Wildman–Crippen LogP) is 4.72. The number of nitrogens with two attached hydrogens (primary N) is 1. The quantitative estimate of drug-likeness (QED) is 0.529. The zero-order valence-electron chi connectivity index (χ0n) is 15.8. The number of nitrogen functional groups attached to an aromatic ring is 1. The van der Waals surface area contributed by atoms with Crippen LogP contribution in [0.3, 0.4) is 0 Å². The number of carbonyl (C=O) groups is 1. The highest BCUT2D eigenvalue weighted by Crippen LogP contribution is 2.38. The fraction of sp³-hybridized carbons (Fsp3) is 0.143. The van der Waals surface area contributed by atoms with Crippen molar-refractivity contribution in [2.45, 2.75) is 6.54 Å². The molecule has 3 rings (SSSR count). The van der Waals surface area contributed by atoms with Crippen LogP contribution in [0.5, 0.6) is 11.5 Å². The first-order valence-corrected chi connectivity index (χ1v) is 9.76. The lowest BCUT2D eigenvalue weighted by atomic mass is 10.1. The van der Waals surface area contributed by atoms with Crippen LogP contribution >= 0.6 is 22.9 Å². The summed E-state index contributed by atoms with van der Waals surface area (Å²) in [5, 5.41) is 13.6. The minimum atomic E-state index is -0.311. The van der Waals surface area contributed by atoms with Crippen molar-refractivity contribution in [3.8, 4) is 17.6 Å². The van der Waals surface area contributed by atoms with Crippen molar-refractivity contribution < 1.29 is 14.3 Å². The summed E-state index contributed by atoms with van der Waals surface area (Å²) in [4.78, 5) is 13.2. The molecule has 0 radical (unpaired) electrons. The highest BCUT2D eigenvalue weighted by molar-refractivity contribution is 7.19. The van der Waals surface area contributed by atoms with Crippen LogP contribution in [-0.2, 0) is 6.54 Å². The van der Waals surface area contributed by atoms with E-state index in [4.69, 9.17) is 26.8 Å². The molecule has 8 heteroatoms. The van der Waals surface area contributed by atoms with Crippen molar-refractivity contribution in [1.82, 2.24) is 0 Å². The van der Waals surface area contributed by atoms with Gasteiger partial charge < -0.3 is 20.5 Å². The standard InChI is InChI=1S/C21H18ClN3O3S/c1-27-16-8-7-12(9-17(16)28-2)11-25-21-14(10-23)18(24)20(29-21)19(26)13-5-3-4-6-15(13)22/h3-9,25H,11,24H2,1-2H3. The van der Waals surface area contributed by atoms with Crippen molar-refractivity contribution in [1.29, 1.82) is 5.26 Å². The molecule has 0 saturated heterocycles. The average Bonchev–Trinajstić information content (AvgIpc) is 3.07. The van der Waals surface area contributed by atoms with E-state index in [2.05, 4.69) is 11.4 Å². The lowest BCUT2D eigenvalue weighted by molar-refractivity contribution is 0.104. The lowest BCUT2D eigenvalue weighted by Crippen LogP contribution is -2.03. The number of rotatable bonds is 7. The molecular formula is C21H18ClN3O3S. The van der Waals surface area contributed by atoms with Crippen molar-refractivity contribution in [2.75, 3.05) is 25.3 Å². The summed E-state index contributed by atoms with van der Waals surface area (Å²) in [7, 11) is 3.14. The van der Waals surface area contributed by atoms with Crippen molar-refractivity contribution in [2.24, 2.45) is 0 Å². The van der Waals surface area contributed by atoms with Gasteiger partial charge in [0.25, 0.3) is 0 Å². The van der Waals surface area contributed by atoms with Gasteiger partial charge in [-0.05, 0) is 29.8 Å². The summed E-state index contributed by atoms with van der Waals surface area (Å²) < 4.78 is 10.5. The third-order valence-corrected chi connectivity index (χ3v) is 5.77. The van der Waals surface area contributed by atoms with E-state index in [0.717, 1.165) is 16.9 Å². The van der Waals surface area contributed by atoms with Gasteiger partial charge in [0.05, 0.1) is 24.9 Å². The topological polar surface area (TPSA) is 97.4 Å². The van der Waals surface area contributed by atoms with Crippen molar-refractivity contribution in [3.63, 3.8) is 0 Å². The van der Waals surface area contributed by atoms with E-state index in [1.54, 1.807) is 44.6 Å². The molecule has 6 nitrogen and oxygen atoms in total. The Morgan fingerprint density at radius 2 is 1.93 bits per heavy atom. The molecule has 3 aromatic rings. The second-order valence-corrected chi connectivity index (χ2v) is 7.44. The number of anilines is 2. The molecule has 1 heterocycles. The fourth-order valence-corrected chi connectivity index (χ4v) is 4.03. The summed E-state index contributed by atoms with van der Waals surface area (Å²) in [6.07, 6.45) is 0. The van der Waals surface area contributed by atoms with E-state index in [1.807, 2.05) is 12.1 Å². The lowest BCUT2D eigenvalue weighted by Gasteiger charge is -2.10. The first kappa shape index (κ1) is 20.5. The average molecular weight is 428 g/mol. The van der Waals surface area contributed by atoms with Crippen LogP contribution in [0.4, 0.5) is 10.7 Å². The number of benzene rings is 2. The van der Waals surface area contributed by atoms with Gasteiger partial charge in [-0.1, -0.05) is 29.8 Å². The number of thiophene rings is 1. The van der Waals surface area contributed by atoms with Crippen LogP contribution < -0.4 is 20.5 Å². The maximum atomic E-state index is 12.9. The molecule has 0 spiro atoms. The van der Waals surface area contributed by atoms with Gasteiger partial charge in [0, 0.05) is 12.1 Å². The Labute approximate surface area is 177 Å². The Bertz CT molecular complexity index is 1110. The first-order chi connectivity index (χ1) is 14.0. The second-order valence-electron chi connectivity index (χ2n) is 6.01. The monoisotopic (exact) mass is 427 g/mol. The SMILES string of the molecule is COc1ccc(CNc2sc(C(=O)c3ccccc3Cl)c(N)c2C#N)cc1OC. The zero-order valence-corrected chi connectivity index (χ0v) is 17.4. The molecule has 148 valence electrons. The number of nitriles is 1. The second kappa shape index (κ2) is 8.86. The number of hydrogen-bond donors (Lipinski definition) is 2. The Morgan fingerprint density at radius 3 is 2.59 bits per heavy atom. The highest BCUT2D eigenvalue weighted by Gasteiger charge is 2.23. The molecule has 0 amide bonds. The molecule has 0 fully saturated rings. The normalized spacial score (nSPS) is 10.3. The Hall–Kier alpha value is -3.21. The third-order valence-electron chi connectivity index (χ3n) is 4.28. The molecule has 0 aliphatic rings. The van der Waals surface area contributed by atoms with E-state index in [1.165, 1.54) is 0 Å². The Morgan fingerprint density at radius 1 is 1.21 bits per heavy atom. The van der Waals surface area contributed by atoms with E-state index >= 15 is 0 Å². The summed E-state index contributed by atoms with van der Waals surface area (Å²) in [6, 6.07) is 14.3.